The van der Waals surface area contributed by atoms with Crippen LogP contribution in [-0.2, 0) is 0 Å². The number of hydrogen-bond donors (Lipinski definition) is 0. The van der Waals surface area contributed by atoms with Crippen molar-refractivity contribution in [3.63, 3.8) is 0 Å². The Hall–Kier alpha value is -18.1. The fraction of sp³-hybridized carbons (Fsp3) is 0. The molecule has 26 rings (SSSR count). The maximum Gasteiger partial charge on any atom is 0.161 e. The molecular weight excluding hydrogens is 1650 g/mol. The zero-order chi connectivity index (χ0) is 89.9. The molecule has 0 amide bonds. The van der Waals surface area contributed by atoms with Gasteiger partial charge in [-0.2, -0.15) is 0 Å². The van der Waals surface area contributed by atoms with E-state index in [1.165, 1.54) is 75.9 Å². The largest absolute Gasteiger partial charge is 0.246 e. The number of aromatic nitrogens is 6. The molecule has 136 heavy (non-hydrogen) atoms. The lowest BCUT2D eigenvalue weighted by Gasteiger charge is -2.16. The fourth-order valence-electron chi connectivity index (χ4n) is 20.2. The first kappa shape index (κ1) is 80.0. The standard InChI is InChI=1S/C67H41N3.C63H41N3/c1-2-16-43(17-3-1)53-30-15-31-58-64-52-25-9-4-18-44(52)36-37-59(64)65(70-66(53)58)49-22-14-21-46(38-49)42-32-34-45(35-33-42)62-41-63(60-39-47-19-5-7-23-50(47)54-26-10-12-28-56(54)60)69-67(68-62)61-40-48-20-6-8-24-51(48)55-27-11-13-29-57(55)61;1-4-14-42(15-5-1)44-26-32-49(33-27-44)58-41-59(65-63(64-58)51-36-30-45(31-37-51)43-16-6-2-7-17-43)50-34-28-46(29-35-50)52-21-12-22-53(40-52)61-57-39-38-48-20-10-11-23-54(48)60(57)56-25-13-24-55(62(56)66-61)47-18-8-3-9-19-47/h1-41H;1-41H. The molecule has 0 aliphatic carbocycles. The smallest absolute Gasteiger partial charge is 0.161 e. The molecule has 22 aromatic carbocycles. The summed E-state index contributed by atoms with van der Waals surface area (Å²) in [5.41, 5.74) is 29.4. The van der Waals surface area contributed by atoms with Crippen molar-refractivity contribution in [2.75, 3.05) is 0 Å². The van der Waals surface area contributed by atoms with Crippen molar-refractivity contribution < 1.29 is 0 Å². The van der Waals surface area contributed by atoms with E-state index in [1.807, 2.05) is 12.1 Å². The van der Waals surface area contributed by atoms with Crippen molar-refractivity contribution in [3.8, 4) is 157 Å². The Bertz CT molecular complexity index is 8930. The van der Waals surface area contributed by atoms with Crippen LogP contribution in [0.1, 0.15) is 0 Å². The van der Waals surface area contributed by atoms with E-state index in [2.05, 4.69) is 485 Å². The monoisotopic (exact) mass is 1730 g/mol. The summed E-state index contributed by atoms with van der Waals surface area (Å²) in [7, 11) is 0. The SMILES string of the molecule is c1ccc(-c2ccc(-c3cc(-c4ccc(-c5cccc(-c6nc7c(-c8ccccc8)cccc7c7c6ccc6ccccc67)c5)cc4)nc(-c4ccc(-c5ccccc5)cc4)n3)cc2)cc1.c1ccc(-c2cccc3c2nc(-c2cccc(-c4ccc(-c5cc(-c6cc7ccccc7c7ccccc67)nc(-c6cc7ccccc7c7ccccc67)n5)cc4)c2)c2ccc4ccccc4c23)cc1. The van der Waals surface area contributed by atoms with E-state index in [9.17, 15) is 0 Å². The van der Waals surface area contributed by atoms with Gasteiger partial charge in [0.15, 0.2) is 11.6 Å². The van der Waals surface area contributed by atoms with Crippen LogP contribution in [0.15, 0.2) is 497 Å². The summed E-state index contributed by atoms with van der Waals surface area (Å²) in [5, 5.41) is 21.4. The van der Waals surface area contributed by atoms with Gasteiger partial charge in [0.1, 0.15) is 0 Å². The highest BCUT2D eigenvalue weighted by Crippen LogP contribution is 2.47. The normalized spacial score (nSPS) is 11.5. The second-order valence-electron chi connectivity index (χ2n) is 35.0. The first-order valence-corrected chi connectivity index (χ1v) is 46.3. The van der Waals surface area contributed by atoms with Gasteiger partial charge in [-0.3, -0.25) is 0 Å². The van der Waals surface area contributed by atoms with Crippen molar-refractivity contribution in [2.24, 2.45) is 0 Å². The van der Waals surface area contributed by atoms with Crippen LogP contribution in [-0.4, -0.2) is 29.9 Å². The van der Waals surface area contributed by atoms with E-state index < -0.39 is 0 Å². The van der Waals surface area contributed by atoms with Crippen LogP contribution in [0.4, 0.5) is 0 Å². The minimum absolute atomic E-state index is 0.685. The predicted molar refractivity (Wildman–Crippen MR) is 571 cm³/mol. The van der Waals surface area contributed by atoms with Gasteiger partial charge in [0, 0.05) is 88.0 Å². The molecule has 0 saturated carbocycles. The molecule has 0 aliphatic rings. The molecular formula is C130H82N6. The molecule has 0 aliphatic heterocycles. The highest BCUT2D eigenvalue weighted by atomic mass is 14.9. The average Bonchev–Trinajstić information content (AvgIpc) is 0.741. The molecule has 0 fully saturated rings. The number of rotatable bonds is 14. The van der Waals surface area contributed by atoms with Crippen molar-refractivity contribution in [1.29, 1.82) is 0 Å². The topological polar surface area (TPSA) is 77.3 Å². The summed E-state index contributed by atoms with van der Waals surface area (Å²) < 4.78 is 0. The first-order valence-electron chi connectivity index (χ1n) is 46.3. The minimum Gasteiger partial charge on any atom is -0.246 e. The lowest BCUT2D eigenvalue weighted by molar-refractivity contribution is 1.18. The van der Waals surface area contributed by atoms with Crippen LogP contribution < -0.4 is 0 Å². The van der Waals surface area contributed by atoms with Crippen molar-refractivity contribution >= 4 is 108 Å². The van der Waals surface area contributed by atoms with Crippen molar-refractivity contribution in [3.05, 3.63) is 497 Å². The van der Waals surface area contributed by atoms with Crippen LogP contribution in [0.3, 0.4) is 0 Å². The van der Waals surface area contributed by atoms with Gasteiger partial charge >= 0.3 is 0 Å². The molecule has 0 atom stereocenters. The second kappa shape index (κ2) is 34.3. The van der Waals surface area contributed by atoms with E-state index in [1.54, 1.807) is 0 Å². The Morgan fingerprint density at radius 3 is 0.838 bits per heavy atom. The Balaban J connectivity index is 0.000000145. The minimum atomic E-state index is 0.685. The summed E-state index contributed by atoms with van der Waals surface area (Å²) >= 11 is 0. The Kier molecular flexibility index (Phi) is 20.2. The Morgan fingerprint density at radius 2 is 0.404 bits per heavy atom. The molecule has 26 aromatic rings. The van der Waals surface area contributed by atoms with Gasteiger partial charge in [0.2, 0.25) is 0 Å². The van der Waals surface area contributed by atoms with E-state index in [0.29, 0.717) is 11.6 Å². The van der Waals surface area contributed by atoms with E-state index >= 15 is 0 Å². The second-order valence-corrected chi connectivity index (χ2v) is 35.0. The Labute approximate surface area is 786 Å². The molecule has 6 nitrogen and oxygen atoms in total. The van der Waals surface area contributed by atoms with Crippen LogP contribution in [0.25, 0.3) is 265 Å². The fourth-order valence-corrected chi connectivity index (χ4v) is 20.2. The maximum absolute atomic E-state index is 5.57. The molecule has 0 radical (unpaired) electrons. The molecule has 0 bridgehead atoms. The lowest BCUT2D eigenvalue weighted by atomic mass is 9.92. The lowest BCUT2D eigenvalue weighted by Crippen LogP contribution is -1.98. The third kappa shape index (κ3) is 14.8. The predicted octanol–water partition coefficient (Wildman–Crippen LogP) is 34.6. The molecule has 0 unspecified atom stereocenters. The van der Waals surface area contributed by atoms with Gasteiger partial charge in [-0.15, -0.1) is 0 Å². The summed E-state index contributed by atoms with van der Waals surface area (Å²) in [6.07, 6.45) is 0. The highest BCUT2D eigenvalue weighted by molar-refractivity contribution is 6.26. The molecule has 4 aromatic heterocycles. The first-order chi connectivity index (χ1) is 67.4. The van der Waals surface area contributed by atoms with Gasteiger partial charge in [-0.05, 0) is 157 Å². The van der Waals surface area contributed by atoms with E-state index in [4.69, 9.17) is 29.9 Å². The third-order valence-corrected chi connectivity index (χ3v) is 26.9. The molecule has 0 N–H and O–H groups in total. The van der Waals surface area contributed by atoms with Crippen LogP contribution in [0.5, 0.6) is 0 Å². The molecule has 0 spiro atoms. The average molecular weight is 1730 g/mol. The van der Waals surface area contributed by atoms with Gasteiger partial charge in [-0.1, -0.05) is 461 Å². The van der Waals surface area contributed by atoms with Gasteiger partial charge in [-0.25, -0.2) is 29.9 Å². The summed E-state index contributed by atoms with van der Waals surface area (Å²) in [6, 6.07) is 177. The van der Waals surface area contributed by atoms with Crippen molar-refractivity contribution in [1.82, 2.24) is 29.9 Å². The number of pyridine rings is 2. The molecule has 4 heterocycles. The molecule has 632 valence electrons. The molecule has 6 heteroatoms. The summed E-state index contributed by atoms with van der Waals surface area (Å²) in [6.45, 7) is 0. The zero-order valence-corrected chi connectivity index (χ0v) is 74.0. The van der Waals surface area contributed by atoms with Gasteiger partial charge in [0.25, 0.3) is 0 Å². The Morgan fingerprint density at radius 1 is 0.118 bits per heavy atom. The number of fused-ring (bicyclic) bond motifs is 16. The van der Waals surface area contributed by atoms with Gasteiger partial charge in [0.05, 0.1) is 45.2 Å². The summed E-state index contributed by atoms with van der Waals surface area (Å²) in [4.78, 5) is 32.4. The van der Waals surface area contributed by atoms with Crippen LogP contribution in [0.2, 0.25) is 0 Å². The van der Waals surface area contributed by atoms with Crippen molar-refractivity contribution in [2.45, 2.75) is 0 Å². The van der Waals surface area contributed by atoms with Gasteiger partial charge < -0.3 is 0 Å². The quantitative estimate of drug-likeness (QED) is 0.101. The van der Waals surface area contributed by atoms with Crippen LogP contribution in [0, 0.1) is 0 Å². The van der Waals surface area contributed by atoms with E-state index in [-0.39, 0.29) is 0 Å². The number of benzene rings is 22. The third-order valence-electron chi connectivity index (χ3n) is 26.9. The number of nitrogens with zero attached hydrogens (tertiary/aromatic N) is 6. The van der Waals surface area contributed by atoms with Crippen LogP contribution >= 0.6 is 0 Å². The number of hydrogen-bond acceptors (Lipinski definition) is 6. The summed E-state index contributed by atoms with van der Waals surface area (Å²) in [5.74, 6) is 1.38. The van der Waals surface area contributed by atoms with E-state index in [0.717, 1.165) is 177 Å². The maximum atomic E-state index is 5.57. The number of para-hydroxylation sites is 2. The zero-order valence-electron chi connectivity index (χ0n) is 74.0. The highest BCUT2D eigenvalue weighted by Gasteiger charge is 2.24. The molecule has 0 saturated heterocycles.